The molecule has 1 aliphatic rings. The van der Waals surface area contributed by atoms with Gasteiger partial charge in [-0.05, 0) is 36.6 Å². The van der Waals surface area contributed by atoms with E-state index in [1.165, 1.54) is 17.8 Å². The van der Waals surface area contributed by atoms with E-state index >= 15 is 0 Å². The molecule has 1 saturated carbocycles. The topological polar surface area (TPSA) is 133 Å². The van der Waals surface area contributed by atoms with Crippen LogP contribution in [0.2, 0.25) is 0 Å². The third-order valence-electron chi connectivity index (χ3n) is 5.13. The van der Waals surface area contributed by atoms with Crippen molar-refractivity contribution >= 4 is 11.8 Å². The summed E-state index contributed by atoms with van der Waals surface area (Å²) in [6.45, 7) is 2.49. The van der Waals surface area contributed by atoms with E-state index < -0.39 is 17.4 Å². The summed E-state index contributed by atoms with van der Waals surface area (Å²) < 4.78 is 12.3. The molecule has 0 radical (unpaired) electrons. The van der Waals surface area contributed by atoms with Gasteiger partial charge in [-0.25, -0.2) is 0 Å². The van der Waals surface area contributed by atoms with Crippen molar-refractivity contribution in [3.63, 3.8) is 0 Å². The fourth-order valence-electron chi connectivity index (χ4n) is 3.69. The summed E-state index contributed by atoms with van der Waals surface area (Å²) in [5.74, 6) is -0.974. The Morgan fingerprint density at radius 2 is 2.13 bits per heavy atom. The molecule has 166 valence electrons. The molecule has 1 fully saturated rings. The van der Waals surface area contributed by atoms with Gasteiger partial charge < -0.3 is 30.2 Å². The molecule has 1 aromatic heterocycles. The molecule has 2 atom stereocenters. The largest absolute Gasteiger partial charge is 0.491 e. The van der Waals surface area contributed by atoms with Gasteiger partial charge in [0.1, 0.15) is 17.9 Å². The van der Waals surface area contributed by atoms with Crippen molar-refractivity contribution in [2.45, 2.75) is 31.9 Å². The Morgan fingerprint density at radius 3 is 2.77 bits per heavy atom. The molecule has 9 nitrogen and oxygen atoms in total. The van der Waals surface area contributed by atoms with Crippen molar-refractivity contribution in [3.8, 4) is 5.75 Å². The summed E-state index contributed by atoms with van der Waals surface area (Å²) in [6.07, 6.45) is 1.88. The van der Waals surface area contributed by atoms with Crippen molar-refractivity contribution < 1.29 is 24.2 Å². The van der Waals surface area contributed by atoms with Crippen LogP contribution >= 0.6 is 0 Å². The predicted molar refractivity (Wildman–Crippen MR) is 114 cm³/mol. The first kappa shape index (κ1) is 22.5. The van der Waals surface area contributed by atoms with Gasteiger partial charge in [-0.3, -0.25) is 14.4 Å². The summed E-state index contributed by atoms with van der Waals surface area (Å²) in [5.41, 5.74) is 6.25. The van der Waals surface area contributed by atoms with Gasteiger partial charge in [-0.15, -0.1) is 0 Å². The standard InChI is InChI=1S/C22H27N3O6/c1-3-30-17-10-15(17)18-16(20(23)27)12-25(22(29)19(18)21(28)24-2)11-13-5-4-6-14(9-13)31-8-7-26/h4-6,9,12,15,17,26H,3,7-8,10-11H2,1-2H3,(H2,23,27)(H,24,28)/t15-,17+/m1/s1. The minimum absolute atomic E-state index is 0.0845. The van der Waals surface area contributed by atoms with Crippen LogP contribution in [0.5, 0.6) is 5.75 Å². The van der Waals surface area contributed by atoms with Crippen LogP contribution in [0.1, 0.15) is 51.1 Å². The summed E-state index contributed by atoms with van der Waals surface area (Å²) in [6, 6.07) is 7.01. The first-order chi connectivity index (χ1) is 14.9. The van der Waals surface area contributed by atoms with Crippen LogP contribution in [-0.4, -0.2) is 54.5 Å². The van der Waals surface area contributed by atoms with Crippen molar-refractivity contribution in [2.24, 2.45) is 5.73 Å². The zero-order valence-corrected chi connectivity index (χ0v) is 17.6. The van der Waals surface area contributed by atoms with E-state index in [0.717, 1.165) is 5.56 Å². The highest BCUT2D eigenvalue weighted by molar-refractivity contribution is 6.01. The number of aliphatic hydroxyl groups excluding tert-OH is 1. The lowest BCUT2D eigenvalue weighted by atomic mass is 9.97. The van der Waals surface area contributed by atoms with E-state index in [9.17, 15) is 14.4 Å². The number of carbonyl (C=O) groups excluding carboxylic acids is 2. The van der Waals surface area contributed by atoms with Gasteiger partial charge in [0.2, 0.25) is 0 Å². The van der Waals surface area contributed by atoms with E-state index in [4.69, 9.17) is 20.3 Å². The van der Waals surface area contributed by atoms with Crippen LogP contribution in [0.3, 0.4) is 0 Å². The number of pyridine rings is 1. The zero-order chi connectivity index (χ0) is 22.5. The highest BCUT2D eigenvalue weighted by Gasteiger charge is 2.44. The van der Waals surface area contributed by atoms with Crippen LogP contribution in [-0.2, 0) is 11.3 Å². The van der Waals surface area contributed by atoms with Gasteiger partial charge in [0.05, 0.1) is 24.8 Å². The van der Waals surface area contributed by atoms with Crippen LogP contribution in [0, 0.1) is 0 Å². The quantitative estimate of drug-likeness (QED) is 0.507. The Bertz CT molecular complexity index is 1030. The van der Waals surface area contributed by atoms with Crippen molar-refractivity contribution in [2.75, 3.05) is 26.9 Å². The maximum absolute atomic E-state index is 13.3. The van der Waals surface area contributed by atoms with Gasteiger partial charge in [-0.1, -0.05) is 12.1 Å². The molecule has 0 bridgehead atoms. The monoisotopic (exact) mass is 429 g/mol. The van der Waals surface area contributed by atoms with Gasteiger partial charge in [0.15, 0.2) is 0 Å². The molecule has 0 unspecified atom stereocenters. The number of ether oxygens (including phenoxy) is 2. The lowest BCUT2D eigenvalue weighted by Gasteiger charge is -2.16. The Balaban J connectivity index is 2.06. The molecule has 2 amide bonds. The van der Waals surface area contributed by atoms with Crippen LogP contribution in [0.4, 0.5) is 0 Å². The van der Waals surface area contributed by atoms with Crippen LogP contribution in [0.25, 0.3) is 0 Å². The number of hydrogen-bond donors (Lipinski definition) is 3. The molecule has 1 aliphatic carbocycles. The average molecular weight is 429 g/mol. The van der Waals surface area contributed by atoms with Gasteiger partial charge in [-0.2, -0.15) is 0 Å². The molecule has 9 heteroatoms. The lowest BCUT2D eigenvalue weighted by Crippen LogP contribution is -2.35. The van der Waals surface area contributed by atoms with E-state index in [-0.39, 0.29) is 42.9 Å². The van der Waals surface area contributed by atoms with E-state index in [2.05, 4.69) is 5.32 Å². The number of nitrogens with one attached hydrogen (secondary N) is 1. The minimum atomic E-state index is -0.712. The number of hydrogen-bond acceptors (Lipinski definition) is 6. The molecule has 0 saturated heterocycles. The Hall–Kier alpha value is -3.17. The summed E-state index contributed by atoms with van der Waals surface area (Å²) in [5, 5.41) is 11.4. The predicted octanol–water partition coefficient (Wildman–Crippen LogP) is 0.619. The maximum Gasteiger partial charge on any atom is 0.264 e. The molecule has 2 aromatic rings. The van der Waals surface area contributed by atoms with Gasteiger partial charge in [0, 0.05) is 25.8 Å². The van der Waals surface area contributed by atoms with Crippen LogP contribution < -0.4 is 21.3 Å². The third-order valence-corrected chi connectivity index (χ3v) is 5.13. The van der Waals surface area contributed by atoms with Gasteiger partial charge >= 0.3 is 0 Å². The number of amides is 2. The second kappa shape index (κ2) is 9.76. The van der Waals surface area contributed by atoms with Crippen molar-refractivity contribution in [1.82, 2.24) is 9.88 Å². The SMILES string of the molecule is CCO[C@H]1C[C@H]1c1c(C(N)=O)cn(Cc2cccc(OCCO)c2)c(=O)c1C(=O)NC. The fraction of sp³-hybridized carbons (Fsp3) is 0.409. The molecular formula is C22H27N3O6. The van der Waals surface area contributed by atoms with E-state index in [1.807, 2.05) is 6.92 Å². The molecule has 1 aromatic carbocycles. The number of aromatic nitrogens is 1. The van der Waals surface area contributed by atoms with Crippen LogP contribution in [0.15, 0.2) is 35.3 Å². The second-order valence-electron chi connectivity index (χ2n) is 7.26. The number of carbonyl (C=O) groups is 2. The normalized spacial score (nSPS) is 17.3. The smallest absolute Gasteiger partial charge is 0.264 e. The number of benzene rings is 1. The molecule has 0 aliphatic heterocycles. The number of primary amides is 1. The van der Waals surface area contributed by atoms with Gasteiger partial charge in [0.25, 0.3) is 17.4 Å². The van der Waals surface area contributed by atoms with Crippen molar-refractivity contribution in [3.05, 3.63) is 63.1 Å². The summed E-state index contributed by atoms with van der Waals surface area (Å²) in [4.78, 5) is 38.2. The highest BCUT2D eigenvalue weighted by atomic mass is 16.5. The molecule has 31 heavy (non-hydrogen) atoms. The number of aliphatic hydroxyl groups is 1. The van der Waals surface area contributed by atoms with Crippen molar-refractivity contribution in [1.29, 1.82) is 0 Å². The Morgan fingerprint density at radius 1 is 1.35 bits per heavy atom. The minimum Gasteiger partial charge on any atom is -0.491 e. The average Bonchev–Trinajstić information content (AvgIpc) is 3.52. The number of rotatable bonds is 10. The maximum atomic E-state index is 13.3. The molecule has 3 rings (SSSR count). The third kappa shape index (κ3) is 4.95. The number of nitrogens with zero attached hydrogens (tertiary/aromatic N) is 1. The van der Waals surface area contributed by atoms with E-state index in [0.29, 0.717) is 24.3 Å². The second-order valence-corrected chi connectivity index (χ2v) is 7.26. The molecular weight excluding hydrogens is 402 g/mol. The molecule has 4 N–H and O–H groups in total. The summed E-state index contributed by atoms with van der Waals surface area (Å²) in [7, 11) is 1.43. The Labute approximate surface area is 179 Å². The van der Waals surface area contributed by atoms with E-state index in [1.54, 1.807) is 24.3 Å². The molecule has 0 spiro atoms. The Kier molecular flexibility index (Phi) is 7.09. The highest BCUT2D eigenvalue weighted by Crippen LogP contribution is 2.45. The summed E-state index contributed by atoms with van der Waals surface area (Å²) >= 11 is 0. The first-order valence-corrected chi connectivity index (χ1v) is 10.1. The lowest BCUT2D eigenvalue weighted by molar-refractivity contribution is 0.0959. The zero-order valence-electron chi connectivity index (χ0n) is 17.6. The fourth-order valence-corrected chi connectivity index (χ4v) is 3.69. The first-order valence-electron chi connectivity index (χ1n) is 10.1. The number of nitrogens with two attached hydrogens (primary N) is 1. The molecule has 1 heterocycles.